The summed E-state index contributed by atoms with van der Waals surface area (Å²) in [5.74, 6) is 0. The van der Waals surface area contributed by atoms with Crippen LogP contribution in [0.25, 0.3) is 32.7 Å². The van der Waals surface area contributed by atoms with E-state index in [1.54, 1.807) is 0 Å². The summed E-state index contributed by atoms with van der Waals surface area (Å²) in [5.41, 5.74) is 10.2. The van der Waals surface area contributed by atoms with Gasteiger partial charge in [-0.25, -0.2) is 0 Å². The van der Waals surface area contributed by atoms with Gasteiger partial charge in [-0.2, -0.15) is 0 Å². The van der Waals surface area contributed by atoms with Crippen molar-refractivity contribution in [2.45, 2.75) is 0 Å². The third kappa shape index (κ3) is 2.21. The van der Waals surface area contributed by atoms with E-state index in [-0.39, 0.29) is 0 Å². The molecule has 0 aliphatic carbocycles. The highest BCUT2D eigenvalue weighted by Crippen LogP contribution is 2.42. The zero-order valence-electron chi connectivity index (χ0n) is 12.5. The molecule has 3 N–H and O–H groups in total. The molecule has 0 atom stereocenters. The highest BCUT2D eigenvalue weighted by Gasteiger charge is 2.15. The second kappa shape index (κ2) is 5.52. The van der Waals surface area contributed by atoms with Gasteiger partial charge >= 0.3 is 0 Å². The summed E-state index contributed by atoms with van der Waals surface area (Å²) in [6, 6.07) is 24.8. The van der Waals surface area contributed by atoms with E-state index in [0.29, 0.717) is 0 Å². The lowest BCUT2D eigenvalue weighted by Crippen LogP contribution is -1.95. The van der Waals surface area contributed by atoms with Crippen molar-refractivity contribution in [1.82, 2.24) is 0 Å². The lowest BCUT2D eigenvalue weighted by molar-refractivity contribution is 1.66. The van der Waals surface area contributed by atoms with Crippen LogP contribution in [-0.2, 0) is 0 Å². The average Bonchev–Trinajstić information content (AvgIpc) is 2.61. The Hall–Kier alpha value is -2.65. The SMILES string of the molecule is Nc1ccc2ccccc2c1-c1c(NS)ccc2ccccc12. The van der Waals surface area contributed by atoms with Gasteiger partial charge < -0.3 is 10.5 Å². The van der Waals surface area contributed by atoms with Crippen molar-refractivity contribution in [3.63, 3.8) is 0 Å². The van der Waals surface area contributed by atoms with E-state index in [9.17, 15) is 0 Å². The molecule has 0 aliphatic heterocycles. The lowest BCUT2D eigenvalue weighted by atomic mass is 9.91. The molecule has 0 spiro atoms. The molecule has 4 aromatic carbocycles. The van der Waals surface area contributed by atoms with E-state index in [4.69, 9.17) is 5.73 Å². The van der Waals surface area contributed by atoms with E-state index < -0.39 is 0 Å². The van der Waals surface area contributed by atoms with E-state index in [1.807, 2.05) is 30.3 Å². The molecule has 112 valence electrons. The number of nitrogen functional groups attached to an aromatic ring is 1. The number of nitrogens with one attached hydrogen (secondary N) is 1. The van der Waals surface area contributed by atoms with Crippen molar-refractivity contribution in [2.75, 3.05) is 10.5 Å². The first-order valence-electron chi connectivity index (χ1n) is 7.49. The normalized spacial score (nSPS) is 11.0. The number of anilines is 2. The molecule has 4 aromatic rings. The molecule has 0 unspecified atom stereocenters. The van der Waals surface area contributed by atoms with Gasteiger partial charge in [0.1, 0.15) is 0 Å². The Morgan fingerprint density at radius 1 is 0.652 bits per heavy atom. The number of fused-ring (bicyclic) bond motifs is 2. The molecule has 0 radical (unpaired) electrons. The number of nitrogens with two attached hydrogens (primary N) is 1. The first kappa shape index (κ1) is 14.0. The molecule has 3 heteroatoms. The molecule has 0 saturated heterocycles. The smallest absolute Gasteiger partial charge is 0.0524 e. The van der Waals surface area contributed by atoms with Gasteiger partial charge in [0.05, 0.1) is 5.69 Å². The maximum Gasteiger partial charge on any atom is 0.0524 e. The Labute approximate surface area is 140 Å². The number of rotatable bonds is 2. The van der Waals surface area contributed by atoms with Crippen LogP contribution in [0, 0.1) is 0 Å². The topological polar surface area (TPSA) is 38.0 Å². The standard InChI is InChI=1S/C20H16N2S/c21-17-11-9-13-5-1-3-7-15(13)19(17)20-16-8-4-2-6-14(16)10-12-18(20)22-23/h1-12,22-23H,21H2. The van der Waals surface area contributed by atoms with Crippen LogP contribution >= 0.6 is 12.8 Å². The fraction of sp³-hybridized carbons (Fsp3) is 0. The quantitative estimate of drug-likeness (QED) is 0.337. The molecular weight excluding hydrogens is 300 g/mol. The lowest BCUT2D eigenvalue weighted by Gasteiger charge is -2.17. The first-order valence-corrected chi connectivity index (χ1v) is 7.94. The molecule has 0 bridgehead atoms. The Bertz CT molecular complexity index is 1020. The maximum absolute atomic E-state index is 6.38. The highest BCUT2D eigenvalue weighted by atomic mass is 32.1. The van der Waals surface area contributed by atoms with Gasteiger partial charge in [0.25, 0.3) is 0 Å². The third-order valence-electron chi connectivity index (χ3n) is 4.26. The van der Waals surface area contributed by atoms with Gasteiger partial charge in [0.2, 0.25) is 0 Å². The Balaban J connectivity index is 2.21. The van der Waals surface area contributed by atoms with Gasteiger partial charge in [-0.15, -0.1) is 0 Å². The average molecular weight is 316 g/mol. The Kier molecular flexibility index (Phi) is 3.36. The van der Waals surface area contributed by atoms with Crippen LogP contribution in [0.5, 0.6) is 0 Å². The number of hydrogen-bond donors (Lipinski definition) is 3. The van der Waals surface area contributed by atoms with E-state index in [0.717, 1.165) is 33.3 Å². The van der Waals surface area contributed by atoms with Crippen LogP contribution in [0.2, 0.25) is 0 Å². The van der Waals surface area contributed by atoms with Crippen molar-refractivity contribution in [3.05, 3.63) is 72.8 Å². The second-order valence-corrected chi connectivity index (χ2v) is 5.80. The summed E-state index contributed by atoms with van der Waals surface area (Å²) < 4.78 is 3.02. The van der Waals surface area contributed by atoms with Crippen LogP contribution in [0.15, 0.2) is 72.8 Å². The molecule has 23 heavy (non-hydrogen) atoms. The summed E-state index contributed by atoms with van der Waals surface area (Å²) in [6.45, 7) is 0. The molecular formula is C20H16N2S. The monoisotopic (exact) mass is 316 g/mol. The number of benzene rings is 4. The fourth-order valence-electron chi connectivity index (χ4n) is 3.20. The minimum atomic E-state index is 0.768. The third-order valence-corrected chi connectivity index (χ3v) is 4.50. The zero-order chi connectivity index (χ0) is 15.8. The van der Waals surface area contributed by atoms with Crippen LogP contribution < -0.4 is 10.5 Å². The van der Waals surface area contributed by atoms with Crippen molar-refractivity contribution in [2.24, 2.45) is 0 Å². The largest absolute Gasteiger partial charge is 0.398 e. The van der Waals surface area contributed by atoms with Crippen molar-refractivity contribution < 1.29 is 0 Å². The summed E-state index contributed by atoms with van der Waals surface area (Å²) in [6.07, 6.45) is 0. The predicted molar refractivity (Wildman–Crippen MR) is 104 cm³/mol. The van der Waals surface area contributed by atoms with Gasteiger partial charge in [-0.1, -0.05) is 73.5 Å². The summed E-state index contributed by atoms with van der Waals surface area (Å²) in [5, 5.41) is 4.67. The van der Waals surface area contributed by atoms with Crippen LogP contribution in [0.4, 0.5) is 11.4 Å². The molecule has 2 nitrogen and oxygen atoms in total. The van der Waals surface area contributed by atoms with Gasteiger partial charge in [0, 0.05) is 16.8 Å². The van der Waals surface area contributed by atoms with Gasteiger partial charge in [-0.3, -0.25) is 0 Å². The number of thiol groups is 1. The summed E-state index contributed by atoms with van der Waals surface area (Å²) in [7, 11) is 0. The Morgan fingerprint density at radius 2 is 1.22 bits per heavy atom. The zero-order valence-corrected chi connectivity index (χ0v) is 13.3. The summed E-state index contributed by atoms with van der Waals surface area (Å²) in [4.78, 5) is 0. The molecule has 0 saturated carbocycles. The van der Waals surface area contributed by atoms with Gasteiger partial charge in [0.15, 0.2) is 0 Å². The van der Waals surface area contributed by atoms with Crippen LogP contribution in [-0.4, -0.2) is 0 Å². The van der Waals surface area contributed by atoms with Crippen molar-refractivity contribution in [3.8, 4) is 11.1 Å². The summed E-state index contributed by atoms with van der Waals surface area (Å²) >= 11 is 4.29. The Morgan fingerprint density at radius 3 is 1.87 bits per heavy atom. The fourth-order valence-corrected chi connectivity index (χ4v) is 3.39. The second-order valence-electron chi connectivity index (χ2n) is 5.57. The van der Waals surface area contributed by atoms with Gasteiger partial charge in [-0.05, 0) is 33.7 Å². The van der Waals surface area contributed by atoms with Crippen LogP contribution in [0.1, 0.15) is 0 Å². The molecule has 0 amide bonds. The molecule has 0 fully saturated rings. The van der Waals surface area contributed by atoms with Crippen LogP contribution in [0.3, 0.4) is 0 Å². The predicted octanol–water partition coefficient (Wildman–Crippen LogP) is 5.50. The molecule has 4 rings (SSSR count). The number of hydrogen-bond acceptors (Lipinski definition) is 3. The molecule has 0 heterocycles. The highest BCUT2D eigenvalue weighted by molar-refractivity contribution is 7.81. The maximum atomic E-state index is 6.38. The van der Waals surface area contributed by atoms with E-state index in [1.165, 1.54) is 10.8 Å². The minimum absolute atomic E-state index is 0.768. The minimum Gasteiger partial charge on any atom is -0.398 e. The van der Waals surface area contributed by atoms with Crippen molar-refractivity contribution >= 4 is 45.7 Å². The molecule has 0 aromatic heterocycles. The molecule has 0 aliphatic rings. The first-order chi connectivity index (χ1) is 11.3. The van der Waals surface area contributed by atoms with E-state index in [2.05, 4.69) is 60.0 Å². The van der Waals surface area contributed by atoms with Crippen molar-refractivity contribution in [1.29, 1.82) is 0 Å². The van der Waals surface area contributed by atoms with E-state index >= 15 is 0 Å².